The largest absolute Gasteiger partial charge is 0.337 e. The van der Waals surface area contributed by atoms with E-state index in [0.717, 1.165) is 29.2 Å². The third-order valence-corrected chi connectivity index (χ3v) is 3.91. The van der Waals surface area contributed by atoms with Gasteiger partial charge >= 0.3 is 0 Å². The summed E-state index contributed by atoms with van der Waals surface area (Å²) in [5, 5.41) is 0.970. The lowest BCUT2D eigenvalue weighted by molar-refractivity contribution is 0.386. The molecule has 1 fully saturated rings. The van der Waals surface area contributed by atoms with Gasteiger partial charge in [-0.25, -0.2) is 9.97 Å². The minimum atomic E-state index is 0.456. The van der Waals surface area contributed by atoms with Crippen LogP contribution in [-0.4, -0.2) is 27.9 Å². The first-order valence-electron chi connectivity index (χ1n) is 6.80. The van der Waals surface area contributed by atoms with E-state index in [9.17, 15) is 0 Å². The average molecular weight is 312 g/mol. The molecule has 0 atom stereocenters. The normalized spacial score (nSPS) is 15.8. The molecule has 18 heavy (non-hydrogen) atoms. The highest BCUT2D eigenvalue weighted by molar-refractivity contribution is 9.09. The fourth-order valence-electron chi connectivity index (χ4n) is 2.24. The zero-order valence-electron chi connectivity index (χ0n) is 11.5. The molecule has 0 aliphatic heterocycles. The predicted molar refractivity (Wildman–Crippen MR) is 79.6 cm³/mol. The number of anilines is 1. The molecule has 4 heteroatoms. The second-order valence-corrected chi connectivity index (χ2v) is 6.15. The Morgan fingerprint density at radius 2 is 2.11 bits per heavy atom. The Bertz CT molecular complexity index is 402. The van der Waals surface area contributed by atoms with E-state index < -0.39 is 0 Å². The van der Waals surface area contributed by atoms with Gasteiger partial charge in [-0.3, -0.25) is 0 Å². The van der Waals surface area contributed by atoms with Crippen LogP contribution >= 0.6 is 15.9 Å². The molecule has 0 bridgehead atoms. The van der Waals surface area contributed by atoms with E-state index in [1.54, 1.807) is 0 Å². The quantitative estimate of drug-likeness (QED) is 0.777. The van der Waals surface area contributed by atoms with E-state index in [4.69, 9.17) is 4.98 Å². The van der Waals surface area contributed by atoms with Crippen molar-refractivity contribution in [1.82, 2.24) is 9.97 Å². The van der Waals surface area contributed by atoms with Crippen LogP contribution in [0.2, 0.25) is 0 Å². The minimum absolute atomic E-state index is 0.456. The highest BCUT2D eigenvalue weighted by Gasteiger charge is 2.26. The Labute approximate surface area is 118 Å². The highest BCUT2D eigenvalue weighted by atomic mass is 79.9. The topological polar surface area (TPSA) is 29.0 Å². The Morgan fingerprint density at radius 3 is 2.61 bits per heavy atom. The monoisotopic (exact) mass is 311 g/mol. The van der Waals surface area contributed by atoms with Crippen molar-refractivity contribution < 1.29 is 0 Å². The smallest absolute Gasteiger partial charge is 0.226 e. The Hall–Kier alpha value is -0.640. The first-order valence-corrected chi connectivity index (χ1v) is 7.92. The molecule has 0 unspecified atom stereocenters. The maximum absolute atomic E-state index is 4.75. The van der Waals surface area contributed by atoms with Crippen LogP contribution in [0.15, 0.2) is 6.07 Å². The van der Waals surface area contributed by atoms with Crippen LogP contribution in [0.5, 0.6) is 0 Å². The molecule has 1 aliphatic carbocycles. The number of nitrogens with zero attached hydrogens (tertiary/aromatic N) is 3. The number of alkyl halides is 1. The van der Waals surface area contributed by atoms with Gasteiger partial charge in [-0.15, -0.1) is 0 Å². The van der Waals surface area contributed by atoms with Gasteiger partial charge in [-0.2, -0.15) is 0 Å². The molecule has 100 valence electrons. The van der Waals surface area contributed by atoms with E-state index >= 15 is 0 Å². The molecule has 1 aromatic heterocycles. The maximum atomic E-state index is 4.75. The second-order valence-electron chi connectivity index (χ2n) is 5.36. The first-order chi connectivity index (χ1) is 8.61. The molecule has 1 heterocycles. The van der Waals surface area contributed by atoms with Crippen molar-refractivity contribution in [1.29, 1.82) is 0 Å². The van der Waals surface area contributed by atoms with Crippen molar-refractivity contribution in [2.45, 2.75) is 52.0 Å². The summed E-state index contributed by atoms with van der Waals surface area (Å²) >= 11 is 3.54. The first kappa shape index (κ1) is 13.8. The fourth-order valence-corrected chi connectivity index (χ4v) is 2.62. The van der Waals surface area contributed by atoms with Crippen molar-refractivity contribution >= 4 is 21.9 Å². The summed E-state index contributed by atoms with van der Waals surface area (Å²) in [7, 11) is 0. The summed E-state index contributed by atoms with van der Waals surface area (Å²) in [6.07, 6.45) is 3.90. The van der Waals surface area contributed by atoms with Crippen molar-refractivity contribution in [3.8, 4) is 0 Å². The molecule has 0 aromatic carbocycles. The van der Waals surface area contributed by atoms with Gasteiger partial charge in [0.25, 0.3) is 0 Å². The number of hydrogen-bond donors (Lipinski definition) is 0. The van der Waals surface area contributed by atoms with E-state index in [1.807, 2.05) is 0 Å². The number of hydrogen-bond acceptors (Lipinski definition) is 3. The molecule has 0 radical (unpaired) electrons. The van der Waals surface area contributed by atoms with E-state index in [0.29, 0.717) is 12.0 Å². The van der Waals surface area contributed by atoms with Crippen molar-refractivity contribution in [3.05, 3.63) is 17.5 Å². The summed E-state index contributed by atoms with van der Waals surface area (Å²) in [5.74, 6) is 1.38. The molecule has 0 N–H and O–H groups in total. The average Bonchev–Trinajstić information content (AvgIpc) is 2.25. The lowest BCUT2D eigenvalue weighted by Gasteiger charge is -2.37. The summed E-state index contributed by atoms with van der Waals surface area (Å²) in [4.78, 5) is 11.8. The van der Waals surface area contributed by atoms with Crippen LogP contribution in [-0.2, 0) is 0 Å². The SMILES string of the molecule is Cc1cc(C(C)C)nc(N(CCBr)C2CCC2)n1. The zero-order chi connectivity index (χ0) is 13.1. The summed E-state index contributed by atoms with van der Waals surface area (Å²) in [6, 6.07) is 2.74. The molecular formula is C14H22BrN3. The third-order valence-electron chi connectivity index (χ3n) is 3.55. The zero-order valence-corrected chi connectivity index (χ0v) is 13.1. The maximum Gasteiger partial charge on any atom is 0.226 e. The fraction of sp³-hybridized carbons (Fsp3) is 0.714. The molecular weight excluding hydrogens is 290 g/mol. The van der Waals surface area contributed by atoms with Gasteiger partial charge in [0.2, 0.25) is 5.95 Å². The Balaban J connectivity index is 2.27. The molecule has 1 saturated carbocycles. The van der Waals surface area contributed by atoms with E-state index in [1.165, 1.54) is 19.3 Å². The Morgan fingerprint density at radius 1 is 1.39 bits per heavy atom. The summed E-state index contributed by atoms with van der Waals surface area (Å²) in [5.41, 5.74) is 2.22. The van der Waals surface area contributed by atoms with Crippen LogP contribution in [0.4, 0.5) is 5.95 Å². The van der Waals surface area contributed by atoms with Crippen LogP contribution in [0.1, 0.15) is 50.4 Å². The van der Waals surface area contributed by atoms with Gasteiger partial charge in [0, 0.05) is 29.3 Å². The highest BCUT2D eigenvalue weighted by Crippen LogP contribution is 2.28. The van der Waals surface area contributed by atoms with Crippen molar-refractivity contribution in [2.24, 2.45) is 0 Å². The van der Waals surface area contributed by atoms with Gasteiger partial charge in [0.1, 0.15) is 0 Å². The predicted octanol–water partition coefficient (Wildman–Crippen LogP) is 3.66. The van der Waals surface area contributed by atoms with Gasteiger partial charge in [0.15, 0.2) is 0 Å². The van der Waals surface area contributed by atoms with Crippen molar-refractivity contribution in [2.75, 3.05) is 16.8 Å². The molecule has 0 saturated heterocycles. The number of aromatic nitrogens is 2. The molecule has 0 spiro atoms. The number of aryl methyl sites for hydroxylation is 1. The van der Waals surface area contributed by atoms with Gasteiger partial charge in [0.05, 0.1) is 0 Å². The van der Waals surface area contributed by atoms with E-state index in [2.05, 4.69) is 52.7 Å². The van der Waals surface area contributed by atoms with Crippen LogP contribution < -0.4 is 4.90 Å². The molecule has 0 amide bonds. The number of rotatable bonds is 5. The van der Waals surface area contributed by atoms with Crippen LogP contribution in [0, 0.1) is 6.92 Å². The van der Waals surface area contributed by atoms with Gasteiger partial charge in [-0.05, 0) is 38.2 Å². The number of halogens is 1. The molecule has 2 rings (SSSR count). The molecule has 1 aliphatic rings. The second kappa shape index (κ2) is 6.00. The van der Waals surface area contributed by atoms with Gasteiger partial charge < -0.3 is 4.90 Å². The standard InChI is InChI=1S/C14H22BrN3/c1-10(2)13-9-11(3)16-14(17-13)18(8-7-15)12-5-4-6-12/h9-10,12H,4-8H2,1-3H3. The third kappa shape index (κ3) is 3.02. The van der Waals surface area contributed by atoms with E-state index in [-0.39, 0.29) is 0 Å². The van der Waals surface area contributed by atoms with Crippen molar-refractivity contribution in [3.63, 3.8) is 0 Å². The molecule has 3 nitrogen and oxygen atoms in total. The minimum Gasteiger partial charge on any atom is -0.337 e. The van der Waals surface area contributed by atoms with Crippen LogP contribution in [0.25, 0.3) is 0 Å². The van der Waals surface area contributed by atoms with Gasteiger partial charge in [-0.1, -0.05) is 29.8 Å². The van der Waals surface area contributed by atoms with Crippen LogP contribution in [0.3, 0.4) is 0 Å². The summed E-state index contributed by atoms with van der Waals surface area (Å²) < 4.78 is 0. The Kier molecular flexibility index (Phi) is 4.60. The lowest BCUT2D eigenvalue weighted by atomic mass is 9.92. The summed E-state index contributed by atoms with van der Waals surface area (Å²) in [6.45, 7) is 7.42. The molecule has 1 aromatic rings. The lowest BCUT2D eigenvalue weighted by Crippen LogP contribution is -2.42.